The molecule has 0 spiro atoms. The number of benzene rings is 3. The summed E-state index contributed by atoms with van der Waals surface area (Å²) in [7, 11) is 2.85. The van der Waals surface area contributed by atoms with Gasteiger partial charge in [0.2, 0.25) is 5.95 Å². The van der Waals surface area contributed by atoms with Crippen LogP contribution in [0.25, 0.3) is 11.1 Å². The number of ether oxygens (including phenoxy) is 3. The fourth-order valence-electron chi connectivity index (χ4n) is 4.84. The highest BCUT2D eigenvalue weighted by molar-refractivity contribution is 6.34. The molecule has 4 aromatic rings. The van der Waals surface area contributed by atoms with E-state index in [2.05, 4.69) is 14.7 Å². The third kappa shape index (κ3) is 9.26. The van der Waals surface area contributed by atoms with Crippen LogP contribution >= 0.6 is 23.2 Å². The highest BCUT2D eigenvalue weighted by Crippen LogP contribution is 2.39. The number of hydrogen-bond acceptors (Lipinski definition) is 7. The van der Waals surface area contributed by atoms with Gasteiger partial charge in [0.05, 0.1) is 38.8 Å². The number of carbonyl (C=O) groups is 1. The number of rotatable bonds is 13. The average molecular weight is 677 g/mol. The van der Waals surface area contributed by atoms with Gasteiger partial charge >= 0.3 is 12.1 Å². The Hall–Kier alpha value is -4.02. The van der Waals surface area contributed by atoms with Crippen molar-refractivity contribution >= 4 is 35.1 Å². The van der Waals surface area contributed by atoms with E-state index >= 15 is 0 Å². The Balaban J connectivity index is 1.76. The Bertz CT molecular complexity index is 1630. The van der Waals surface area contributed by atoms with Crippen molar-refractivity contribution in [2.45, 2.75) is 51.9 Å². The maximum absolute atomic E-state index is 14.0. The van der Waals surface area contributed by atoms with Crippen LogP contribution in [0.3, 0.4) is 0 Å². The summed E-state index contributed by atoms with van der Waals surface area (Å²) >= 11 is 12.6. The molecular formula is C34H34Cl2F3N3O4. The molecule has 0 aliphatic carbocycles. The van der Waals surface area contributed by atoms with Crippen LogP contribution in [0.2, 0.25) is 10.0 Å². The minimum atomic E-state index is -4.56. The molecule has 0 radical (unpaired) electrons. The second kappa shape index (κ2) is 15.5. The van der Waals surface area contributed by atoms with E-state index in [-0.39, 0.29) is 44.0 Å². The highest BCUT2D eigenvalue weighted by Gasteiger charge is 2.32. The van der Waals surface area contributed by atoms with E-state index in [0.29, 0.717) is 50.2 Å². The molecule has 0 aliphatic heterocycles. The van der Waals surface area contributed by atoms with Crippen LogP contribution in [-0.4, -0.2) is 36.8 Å². The fourth-order valence-corrected chi connectivity index (χ4v) is 5.41. The summed E-state index contributed by atoms with van der Waals surface area (Å²) in [6.45, 7) is 4.51. The lowest BCUT2D eigenvalue weighted by Gasteiger charge is -2.26. The molecule has 0 saturated carbocycles. The number of anilines is 1. The second-order valence-electron chi connectivity index (χ2n) is 10.9. The molecule has 46 heavy (non-hydrogen) atoms. The van der Waals surface area contributed by atoms with Gasteiger partial charge in [0.1, 0.15) is 5.75 Å². The molecule has 0 bridgehead atoms. The molecule has 244 valence electrons. The van der Waals surface area contributed by atoms with E-state index < -0.39 is 11.7 Å². The van der Waals surface area contributed by atoms with Crippen LogP contribution in [0.1, 0.15) is 54.9 Å². The van der Waals surface area contributed by atoms with Crippen LogP contribution in [0.15, 0.2) is 67.0 Å². The van der Waals surface area contributed by atoms with E-state index in [1.807, 2.05) is 32.0 Å². The summed E-state index contributed by atoms with van der Waals surface area (Å²) in [6, 6.07) is 14.4. The zero-order valence-electron chi connectivity index (χ0n) is 25.8. The van der Waals surface area contributed by atoms with E-state index in [1.54, 1.807) is 23.1 Å². The van der Waals surface area contributed by atoms with Crippen molar-refractivity contribution in [3.05, 3.63) is 99.3 Å². The molecule has 12 heteroatoms. The summed E-state index contributed by atoms with van der Waals surface area (Å²) in [5, 5.41) is 0.822. The van der Waals surface area contributed by atoms with Crippen molar-refractivity contribution in [2.75, 3.05) is 25.7 Å². The number of methoxy groups -OCH3 is 2. The lowest BCUT2D eigenvalue weighted by Crippen LogP contribution is -2.25. The molecule has 1 heterocycles. The van der Waals surface area contributed by atoms with Gasteiger partial charge in [-0.05, 0) is 77.1 Å². The van der Waals surface area contributed by atoms with Gasteiger partial charge in [-0.15, -0.1) is 0 Å². The first-order valence-electron chi connectivity index (χ1n) is 14.5. The Labute approximate surface area is 276 Å². The van der Waals surface area contributed by atoms with Gasteiger partial charge in [-0.1, -0.05) is 49.2 Å². The molecule has 0 saturated heterocycles. The maximum atomic E-state index is 14.0. The van der Waals surface area contributed by atoms with Gasteiger partial charge in [-0.3, -0.25) is 4.79 Å². The predicted molar refractivity (Wildman–Crippen MR) is 173 cm³/mol. The standard InChI is InChI=1S/C34H34Cl2F3N3O4/c1-21(2)23-7-10-31(44-3)30(15-23)29-9-8-25(34(37,38)39)14-24(29)20-42(19-22-12-26(35)16-27(36)13-22)33-40-17-28(18-41-33)46-11-5-6-32(43)45-4/h7-10,12-18,21H,5-6,11,19-20H2,1-4H3. The molecule has 4 rings (SSSR count). The number of carbonyl (C=O) groups excluding carboxylic acids is 1. The summed E-state index contributed by atoms with van der Waals surface area (Å²) in [5.41, 5.74) is 2.56. The Kier molecular flexibility index (Phi) is 11.8. The first kappa shape index (κ1) is 34.8. The quantitative estimate of drug-likeness (QED) is 0.103. The molecule has 0 aliphatic rings. The largest absolute Gasteiger partial charge is 0.496 e. The van der Waals surface area contributed by atoms with Crippen LogP contribution in [0.5, 0.6) is 11.5 Å². The molecule has 0 atom stereocenters. The number of esters is 1. The Morgan fingerprint density at radius 1 is 0.913 bits per heavy atom. The highest BCUT2D eigenvalue weighted by atomic mass is 35.5. The number of alkyl halides is 3. The van der Waals surface area contributed by atoms with Gasteiger partial charge < -0.3 is 19.1 Å². The molecule has 0 fully saturated rings. The van der Waals surface area contributed by atoms with Gasteiger partial charge in [0.15, 0.2) is 5.75 Å². The monoisotopic (exact) mass is 675 g/mol. The van der Waals surface area contributed by atoms with Crippen LogP contribution in [0.4, 0.5) is 19.1 Å². The van der Waals surface area contributed by atoms with E-state index in [4.69, 9.17) is 32.7 Å². The minimum absolute atomic E-state index is 0.00220. The maximum Gasteiger partial charge on any atom is 0.416 e. The molecule has 7 nitrogen and oxygen atoms in total. The molecule has 1 aromatic heterocycles. The second-order valence-corrected chi connectivity index (χ2v) is 11.7. The first-order valence-corrected chi connectivity index (χ1v) is 15.2. The zero-order valence-corrected chi connectivity index (χ0v) is 27.3. The lowest BCUT2D eigenvalue weighted by molar-refractivity contribution is -0.141. The zero-order chi connectivity index (χ0) is 33.4. The molecule has 3 aromatic carbocycles. The molecule has 0 unspecified atom stereocenters. The van der Waals surface area contributed by atoms with Crippen molar-refractivity contribution in [2.24, 2.45) is 0 Å². The number of aromatic nitrogens is 2. The molecule has 0 N–H and O–H groups in total. The van der Waals surface area contributed by atoms with Crippen molar-refractivity contribution < 1.29 is 32.2 Å². The van der Waals surface area contributed by atoms with Gasteiger partial charge in [-0.25, -0.2) is 9.97 Å². The van der Waals surface area contributed by atoms with E-state index in [1.165, 1.54) is 32.7 Å². The number of halogens is 5. The average Bonchev–Trinajstić information content (AvgIpc) is 3.01. The SMILES string of the molecule is COC(=O)CCCOc1cnc(N(Cc2cc(Cl)cc(Cl)c2)Cc2cc(C(F)(F)F)ccc2-c2cc(C(C)C)ccc2OC)nc1. The minimum Gasteiger partial charge on any atom is -0.496 e. The van der Waals surface area contributed by atoms with Crippen molar-refractivity contribution in [1.82, 2.24) is 9.97 Å². The smallest absolute Gasteiger partial charge is 0.416 e. The van der Waals surface area contributed by atoms with Crippen LogP contribution in [0, 0.1) is 0 Å². The summed E-state index contributed by atoms with van der Waals surface area (Å²) in [5.74, 6) is 0.984. The summed E-state index contributed by atoms with van der Waals surface area (Å²) < 4.78 is 58.0. The molecular weight excluding hydrogens is 642 g/mol. The Morgan fingerprint density at radius 3 is 2.22 bits per heavy atom. The number of nitrogens with zero attached hydrogens (tertiary/aromatic N) is 3. The normalized spacial score (nSPS) is 11.4. The van der Waals surface area contributed by atoms with Crippen molar-refractivity contribution in [3.63, 3.8) is 0 Å². The topological polar surface area (TPSA) is 73.8 Å². The van der Waals surface area contributed by atoms with Gasteiger partial charge in [-0.2, -0.15) is 13.2 Å². The Morgan fingerprint density at radius 2 is 1.61 bits per heavy atom. The van der Waals surface area contributed by atoms with Crippen LogP contribution in [-0.2, 0) is 28.8 Å². The summed E-state index contributed by atoms with van der Waals surface area (Å²) in [4.78, 5) is 22.1. The molecule has 0 amide bonds. The fraction of sp³-hybridized carbons (Fsp3) is 0.324. The first-order chi connectivity index (χ1) is 21.9. The van der Waals surface area contributed by atoms with Gasteiger partial charge in [0.25, 0.3) is 0 Å². The summed E-state index contributed by atoms with van der Waals surface area (Å²) in [6.07, 6.45) is -0.974. The van der Waals surface area contributed by atoms with E-state index in [9.17, 15) is 18.0 Å². The lowest BCUT2D eigenvalue weighted by atomic mass is 9.92. The number of hydrogen-bond donors (Lipinski definition) is 0. The third-order valence-corrected chi connectivity index (χ3v) is 7.63. The van der Waals surface area contributed by atoms with Crippen molar-refractivity contribution in [1.29, 1.82) is 0 Å². The third-order valence-electron chi connectivity index (χ3n) is 7.19. The predicted octanol–water partition coefficient (Wildman–Crippen LogP) is 9.14. The van der Waals surface area contributed by atoms with Crippen molar-refractivity contribution in [3.8, 4) is 22.6 Å². The van der Waals surface area contributed by atoms with E-state index in [0.717, 1.165) is 17.7 Å². The van der Waals surface area contributed by atoms with Crippen LogP contribution < -0.4 is 14.4 Å². The van der Waals surface area contributed by atoms with Gasteiger partial charge in [0, 0.05) is 35.1 Å².